The predicted octanol–water partition coefficient (Wildman–Crippen LogP) is 4.16. The van der Waals surface area contributed by atoms with Gasteiger partial charge in [0, 0.05) is 12.6 Å². The van der Waals surface area contributed by atoms with Crippen molar-refractivity contribution >= 4 is 17.2 Å². The average Bonchev–Trinajstić information content (AvgIpc) is 3.07. The van der Waals surface area contributed by atoms with Crippen LogP contribution in [0.15, 0.2) is 41.1 Å². The first-order valence-corrected chi connectivity index (χ1v) is 10.3. The zero-order valence-electron chi connectivity index (χ0n) is 15.1. The van der Waals surface area contributed by atoms with Crippen LogP contribution in [-0.4, -0.2) is 29.9 Å². The Labute approximate surface area is 158 Å². The fraction of sp³-hybridized carbons (Fsp3) is 0.476. The molecular formula is C21H25FN2OS. The number of nitrogens with one attached hydrogen (secondary N) is 1. The molecule has 1 saturated heterocycles. The Morgan fingerprint density at radius 3 is 2.88 bits per heavy atom. The molecule has 0 radical (unpaired) electrons. The number of piperidine rings is 1. The van der Waals surface area contributed by atoms with Crippen LogP contribution in [0.5, 0.6) is 0 Å². The molecule has 1 N–H and O–H groups in total. The molecule has 1 aromatic carbocycles. The van der Waals surface area contributed by atoms with Gasteiger partial charge in [-0.1, -0.05) is 12.1 Å². The van der Waals surface area contributed by atoms with Crippen LogP contribution in [0, 0.1) is 11.2 Å². The topological polar surface area (TPSA) is 32.3 Å². The molecule has 4 rings (SSSR count). The highest BCUT2D eigenvalue weighted by Gasteiger charge is 2.58. The maximum atomic E-state index is 13.6. The minimum atomic E-state index is -0.330. The lowest BCUT2D eigenvalue weighted by atomic mass is 9.92. The average molecular weight is 373 g/mol. The Morgan fingerprint density at radius 1 is 1.38 bits per heavy atom. The van der Waals surface area contributed by atoms with Crippen molar-refractivity contribution < 1.29 is 9.18 Å². The van der Waals surface area contributed by atoms with Crippen LogP contribution in [-0.2, 0) is 11.3 Å². The van der Waals surface area contributed by atoms with Crippen molar-refractivity contribution in [3.63, 3.8) is 0 Å². The van der Waals surface area contributed by atoms with E-state index in [4.69, 9.17) is 0 Å². The van der Waals surface area contributed by atoms with Gasteiger partial charge in [0.1, 0.15) is 5.82 Å². The van der Waals surface area contributed by atoms with Crippen molar-refractivity contribution in [3.8, 4) is 0 Å². The van der Waals surface area contributed by atoms with Crippen LogP contribution >= 0.6 is 11.3 Å². The Bertz CT molecular complexity index is 770. The van der Waals surface area contributed by atoms with Gasteiger partial charge in [-0.25, -0.2) is 4.39 Å². The number of rotatable bonds is 5. The van der Waals surface area contributed by atoms with E-state index in [2.05, 4.69) is 27.0 Å². The molecule has 2 unspecified atom stereocenters. The van der Waals surface area contributed by atoms with E-state index in [1.807, 2.05) is 13.0 Å². The number of halogens is 1. The van der Waals surface area contributed by atoms with Crippen molar-refractivity contribution in [1.82, 2.24) is 10.2 Å². The number of carbonyl (C=O) groups is 1. The summed E-state index contributed by atoms with van der Waals surface area (Å²) in [7, 11) is 0. The molecule has 1 aliphatic carbocycles. The molecule has 2 atom stereocenters. The lowest BCUT2D eigenvalue weighted by Crippen LogP contribution is -2.40. The third-order valence-electron chi connectivity index (χ3n) is 6.06. The summed E-state index contributed by atoms with van der Waals surface area (Å²) >= 11 is 1.66. The number of amides is 1. The van der Waals surface area contributed by atoms with E-state index < -0.39 is 0 Å². The number of carbonyl (C=O) groups excluding carboxylic acids is 1. The Hall–Kier alpha value is -1.72. The second-order valence-corrected chi connectivity index (χ2v) is 8.49. The van der Waals surface area contributed by atoms with Gasteiger partial charge < -0.3 is 10.2 Å². The molecule has 1 aliphatic heterocycles. The third-order valence-corrected chi connectivity index (χ3v) is 6.79. The van der Waals surface area contributed by atoms with Crippen molar-refractivity contribution in [2.24, 2.45) is 5.41 Å². The van der Waals surface area contributed by atoms with Crippen molar-refractivity contribution in [1.29, 1.82) is 0 Å². The highest BCUT2D eigenvalue weighted by molar-refractivity contribution is 7.07. The molecule has 1 aromatic heterocycles. The molecule has 0 bridgehead atoms. The molecule has 5 heteroatoms. The second kappa shape index (κ2) is 7.12. The van der Waals surface area contributed by atoms with Gasteiger partial charge in [-0.15, -0.1) is 0 Å². The SMILES string of the molecule is CC(C(=O)N(Cc1ccsc1)C1CC12CCNCC2)c1cccc(F)c1. The molecule has 2 fully saturated rings. The van der Waals surface area contributed by atoms with E-state index >= 15 is 0 Å². The van der Waals surface area contributed by atoms with Crippen LogP contribution < -0.4 is 5.32 Å². The van der Waals surface area contributed by atoms with Crippen LogP contribution in [0.25, 0.3) is 0 Å². The van der Waals surface area contributed by atoms with E-state index in [0.717, 1.165) is 37.9 Å². The van der Waals surface area contributed by atoms with Crippen LogP contribution in [0.1, 0.15) is 43.2 Å². The van der Waals surface area contributed by atoms with Crippen LogP contribution in [0.2, 0.25) is 0 Å². The first kappa shape index (κ1) is 17.7. The first-order valence-electron chi connectivity index (χ1n) is 9.37. The molecule has 2 aromatic rings. The summed E-state index contributed by atoms with van der Waals surface area (Å²) in [6.45, 7) is 4.63. The summed E-state index contributed by atoms with van der Waals surface area (Å²) in [6, 6.07) is 8.85. The fourth-order valence-electron chi connectivity index (χ4n) is 4.32. The van der Waals surface area contributed by atoms with Gasteiger partial charge in [-0.3, -0.25) is 4.79 Å². The third kappa shape index (κ3) is 3.42. The Kier molecular flexibility index (Phi) is 4.84. The zero-order chi connectivity index (χ0) is 18.1. The standard InChI is InChI=1S/C21H25FN2OS/c1-15(17-3-2-4-18(22)11-17)20(25)24(13-16-5-10-26-14-16)19-12-21(19)6-8-23-9-7-21/h2-5,10-11,14-15,19,23H,6-9,12-13H2,1H3. The zero-order valence-corrected chi connectivity index (χ0v) is 15.9. The summed E-state index contributed by atoms with van der Waals surface area (Å²) < 4.78 is 13.6. The monoisotopic (exact) mass is 372 g/mol. The van der Waals surface area contributed by atoms with Gasteiger partial charge in [0.05, 0.1) is 5.92 Å². The van der Waals surface area contributed by atoms with Gasteiger partial charge in [0.2, 0.25) is 5.91 Å². The number of thiophene rings is 1. The molecule has 1 amide bonds. The summed E-state index contributed by atoms with van der Waals surface area (Å²) in [4.78, 5) is 15.5. The maximum absolute atomic E-state index is 13.6. The summed E-state index contributed by atoms with van der Waals surface area (Å²) in [5.41, 5.74) is 2.23. The summed E-state index contributed by atoms with van der Waals surface area (Å²) in [6.07, 6.45) is 3.37. The first-order chi connectivity index (χ1) is 12.6. The lowest BCUT2D eigenvalue weighted by Gasteiger charge is -2.31. The Morgan fingerprint density at radius 2 is 2.19 bits per heavy atom. The summed E-state index contributed by atoms with van der Waals surface area (Å²) in [5.74, 6) is -0.501. The van der Waals surface area contributed by atoms with Gasteiger partial charge in [0.15, 0.2) is 0 Å². The van der Waals surface area contributed by atoms with E-state index in [0.29, 0.717) is 18.0 Å². The predicted molar refractivity (Wildman–Crippen MR) is 103 cm³/mol. The number of hydrogen-bond donors (Lipinski definition) is 1. The lowest BCUT2D eigenvalue weighted by molar-refractivity contribution is -0.134. The molecular weight excluding hydrogens is 347 g/mol. The van der Waals surface area contributed by atoms with Crippen molar-refractivity contribution in [3.05, 3.63) is 58.0 Å². The minimum Gasteiger partial charge on any atom is -0.334 e. The molecule has 2 aliphatic rings. The second-order valence-electron chi connectivity index (χ2n) is 7.71. The van der Waals surface area contributed by atoms with Gasteiger partial charge in [-0.2, -0.15) is 11.3 Å². The number of benzene rings is 1. The summed E-state index contributed by atoms with van der Waals surface area (Å²) in [5, 5.41) is 7.60. The highest BCUT2D eigenvalue weighted by Crippen LogP contribution is 2.56. The van der Waals surface area contributed by atoms with Gasteiger partial charge in [-0.05, 0) is 84.8 Å². The Balaban J connectivity index is 1.57. The highest BCUT2D eigenvalue weighted by atomic mass is 32.1. The maximum Gasteiger partial charge on any atom is 0.230 e. The molecule has 1 saturated carbocycles. The van der Waals surface area contributed by atoms with E-state index in [1.165, 1.54) is 17.7 Å². The molecule has 138 valence electrons. The molecule has 3 nitrogen and oxygen atoms in total. The largest absolute Gasteiger partial charge is 0.334 e. The van der Waals surface area contributed by atoms with Crippen LogP contribution in [0.3, 0.4) is 0 Å². The molecule has 1 spiro atoms. The van der Waals surface area contributed by atoms with E-state index in [1.54, 1.807) is 17.4 Å². The minimum absolute atomic E-state index is 0.113. The fourth-order valence-corrected chi connectivity index (χ4v) is 4.98. The van der Waals surface area contributed by atoms with Gasteiger partial charge >= 0.3 is 0 Å². The van der Waals surface area contributed by atoms with E-state index in [-0.39, 0.29) is 17.6 Å². The van der Waals surface area contributed by atoms with Crippen molar-refractivity contribution in [2.45, 2.75) is 44.7 Å². The van der Waals surface area contributed by atoms with Crippen molar-refractivity contribution in [2.75, 3.05) is 13.1 Å². The number of nitrogens with zero attached hydrogens (tertiary/aromatic N) is 1. The van der Waals surface area contributed by atoms with E-state index in [9.17, 15) is 9.18 Å². The van der Waals surface area contributed by atoms with Crippen LogP contribution in [0.4, 0.5) is 4.39 Å². The smallest absolute Gasteiger partial charge is 0.230 e. The quantitative estimate of drug-likeness (QED) is 0.855. The molecule has 26 heavy (non-hydrogen) atoms. The van der Waals surface area contributed by atoms with Gasteiger partial charge in [0.25, 0.3) is 0 Å². The number of hydrogen-bond acceptors (Lipinski definition) is 3. The normalized spacial score (nSPS) is 22.2. The molecule has 2 heterocycles.